The fraction of sp³-hybridized carbons (Fsp3) is 0.524. The Hall–Kier alpha value is -3.10. The third-order valence-electron chi connectivity index (χ3n) is 5.14. The van der Waals surface area contributed by atoms with Crippen LogP contribution in [0.1, 0.15) is 37.1 Å². The molecule has 3 rings (SSSR count). The lowest BCUT2D eigenvalue weighted by molar-refractivity contribution is -0.120. The normalized spacial score (nSPS) is 12.8. The highest BCUT2D eigenvalue weighted by Gasteiger charge is 2.16. The highest BCUT2D eigenvalue weighted by Crippen LogP contribution is 2.09. The summed E-state index contributed by atoms with van der Waals surface area (Å²) in [4.78, 5) is 37.9. The third kappa shape index (κ3) is 5.95. The summed E-state index contributed by atoms with van der Waals surface area (Å²) in [5.41, 5.74) is 0.990. The molecule has 0 spiro atoms. The second-order valence-electron chi connectivity index (χ2n) is 7.56. The first-order valence-electron chi connectivity index (χ1n) is 10.5. The molecule has 0 saturated heterocycles. The van der Waals surface area contributed by atoms with Gasteiger partial charge >= 0.3 is 11.7 Å². The van der Waals surface area contributed by atoms with Gasteiger partial charge in [-0.25, -0.2) is 14.3 Å². The van der Waals surface area contributed by atoms with Gasteiger partial charge in [-0.2, -0.15) is 5.10 Å². The van der Waals surface area contributed by atoms with Crippen molar-refractivity contribution in [1.29, 1.82) is 0 Å². The molecule has 2 aromatic rings. The lowest BCUT2D eigenvalue weighted by atomic mass is 10.2. The van der Waals surface area contributed by atoms with Gasteiger partial charge in [-0.15, -0.1) is 0 Å². The standard InChI is InChI=1S/C21H30N6O3/c1-25(16-17-8-3-2-4-9-17)20(29)23-13-11-19(28)22-12-7-15-27-21(30)26-14-6-5-10-18(26)24-27/h2-4,8-9H,5-7,10-16H2,1H3,(H,22,28)(H,23,29). The number of carbonyl (C=O) groups is 2. The van der Waals surface area contributed by atoms with Crippen LogP contribution in [0.4, 0.5) is 4.79 Å². The predicted molar refractivity (Wildman–Crippen MR) is 113 cm³/mol. The van der Waals surface area contributed by atoms with E-state index in [0.29, 0.717) is 26.1 Å². The number of amides is 3. The van der Waals surface area contributed by atoms with E-state index in [1.54, 1.807) is 16.5 Å². The lowest BCUT2D eigenvalue weighted by Gasteiger charge is -2.18. The Morgan fingerprint density at radius 3 is 2.70 bits per heavy atom. The maximum atomic E-state index is 12.2. The molecule has 0 saturated carbocycles. The van der Waals surface area contributed by atoms with Crippen LogP contribution >= 0.6 is 0 Å². The summed E-state index contributed by atoms with van der Waals surface area (Å²) < 4.78 is 3.25. The fourth-order valence-corrected chi connectivity index (χ4v) is 3.49. The van der Waals surface area contributed by atoms with Crippen molar-refractivity contribution in [1.82, 2.24) is 29.9 Å². The smallest absolute Gasteiger partial charge is 0.345 e. The number of aryl methyl sites for hydroxylation is 2. The van der Waals surface area contributed by atoms with Crippen molar-refractivity contribution in [3.8, 4) is 0 Å². The highest BCUT2D eigenvalue weighted by molar-refractivity contribution is 5.78. The first kappa shape index (κ1) is 21.6. The summed E-state index contributed by atoms with van der Waals surface area (Å²) >= 11 is 0. The number of aromatic nitrogens is 3. The molecule has 0 fully saturated rings. The molecule has 3 amide bonds. The molecule has 0 atom stereocenters. The molecule has 0 unspecified atom stereocenters. The Kier molecular flexibility index (Phi) is 7.64. The van der Waals surface area contributed by atoms with Crippen LogP contribution in [0.3, 0.4) is 0 Å². The number of urea groups is 1. The Morgan fingerprint density at radius 1 is 1.13 bits per heavy atom. The van der Waals surface area contributed by atoms with Crippen molar-refractivity contribution in [2.24, 2.45) is 0 Å². The molecule has 9 nitrogen and oxygen atoms in total. The van der Waals surface area contributed by atoms with Crippen LogP contribution < -0.4 is 16.3 Å². The summed E-state index contributed by atoms with van der Waals surface area (Å²) in [6, 6.07) is 9.51. The molecule has 1 aliphatic rings. The van der Waals surface area contributed by atoms with E-state index >= 15 is 0 Å². The van der Waals surface area contributed by atoms with Crippen LogP contribution in [0, 0.1) is 0 Å². The maximum Gasteiger partial charge on any atom is 0.345 e. The zero-order valence-electron chi connectivity index (χ0n) is 17.5. The highest BCUT2D eigenvalue weighted by atomic mass is 16.2. The van der Waals surface area contributed by atoms with E-state index in [-0.39, 0.29) is 30.6 Å². The number of hydrogen-bond donors (Lipinski definition) is 2. The molecule has 1 aliphatic heterocycles. The SMILES string of the molecule is CN(Cc1ccccc1)C(=O)NCCC(=O)NCCCn1nc2n(c1=O)CCCC2. The van der Waals surface area contributed by atoms with E-state index in [4.69, 9.17) is 0 Å². The van der Waals surface area contributed by atoms with Gasteiger partial charge in [0.05, 0.1) is 0 Å². The summed E-state index contributed by atoms with van der Waals surface area (Å²) in [6.07, 6.45) is 3.79. The van der Waals surface area contributed by atoms with Gasteiger partial charge in [0.25, 0.3) is 0 Å². The number of carbonyl (C=O) groups excluding carboxylic acids is 2. The number of fused-ring (bicyclic) bond motifs is 1. The van der Waals surface area contributed by atoms with Gasteiger partial charge in [0.15, 0.2) is 0 Å². The summed E-state index contributed by atoms with van der Waals surface area (Å²) in [5.74, 6) is 0.737. The van der Waals surface area contributed by atoms with Gasteiger partial charge in [-0.3, -0.25) is 9.36 Å². The van der Waals surface area contributed by atoms with Crippen LogP contribution in [-0.4, -0.2) is 51.3 Å². The van der Waals surface area contributed by atoms with E-state index in [1.807, 2.05) is 30.3 Å². The van der Waals surface area contributed by atoms with E-state index in [0.717, 1.165) is 37.2 Å². The molecule has 1 aromatic carbocycles. The average molecular weight is 415 g/mol. The first-order valence-corrected chi connectivity index (χ1v) is 10.5. The van der Waals surface area contributed by atoms with Gasteiger partial charge in [0.2, 0.25) is 5.91 Å². The molecule has 1 aromatic heterocycles. The van der Waals surface area contributed by atoms with Crippen LogP contribution in [0.5, 0.6) is 0 Å². The minimum Gasteiger partial charge on any atom is -0.356 e. The molecule has 2 N–H and O–H groups in total. The van der Waals surface area contributed by atoms with Crippen molar-refractivity contribution in [3.05, 3.63) is 52.2 Å². The van der Waals surface area contributed by atoms with E-state index in [9.17, 15) is 14.4 Å². The lowest BCUT2D eigenvalue weighted by Crippen LogP contribution is -2.39. The van der Waals surface area contributed by atoms with Crippen LogP contribution in [0.25, 0.3) is 0 Å². The Balaban J connectivity index is 1.29. The fourth-order valence-electron chi connectivity index (χ4n) is 3.49. The third-order valence-corrected chi connectivity index (χ3v) is 5.14. The van der Waals surface area contributed by atoms with E-state index < -0.39 is 0 Å². The molecule has 162 valence electrons. The minimum absolute atomic E-state index is 0.0571. The topological polar surface area (TPSA) is 101 Å². The van der Waals surface area contributed by atoms with Gasteiger partial charge in [0, 0.05) is 52.6 Å². The number of rotatable bonds is 9. The second-order valence-corrected chi connectivity index (χ2v) is 7.56. The number of nitrogens with one attached hydrogen (secondary N) is 2. The number of benzene rings is 1. The van der Waals surface area contributed by atoms with Crippen molar-refractivity contribution in [2.45, 2.75) is 51.7 Å². The number of hydrogen-bond acceptors (Lipinski definition) is 4. The van der Waals surface area contributed by atoms with Crippen molar-refractivity contribution in [3.63, 3.8) is 0 Å². The first-order chi connectivity index (χ1) is 14.5. The Labute approximate surface area is 176 Å². The molecule has 2 heterocycles. The van der Waals surface area contributed by atoms with Crippen LogP contribution in [0.2, 0.25) is 0 Å². The van der Waals surface area contributed by atoms with Crippen molar-refractivity contribution in [2.75, 3.05) is 20.1 Å². The predicted octanol–water partition coefficient (Wildman–Crippen LogP) is 1.12. The zero-order valence-corrected chi connectivity index (χ0v) is 17.5. The Morgan fingerprint density at radius 2 is 1.93 bits per heavy atom. The van der Waals surface area contributed by atoms with E-state index in [2.05, 4.69) is 15.7 Å². The van der Waals surface area contributed by atoms with Crippen molar-refractivity contribution < 1.29 is 9.59 Å². The quantitative estimate of drug-likeness (QED) is 0.601. The molecule has 0 radical (unpaired) electrons. The number of nitrogens with zero attached hydrogens (tertiary/aromatic N) is 4. The summed E-state index contributed by atoms with van der Waals surface area (Å²) in [7, 11) is 1.72. The molecule has 0 bridgehead atoms. The van der Waals surface area contributed by atoms with Gasteiger partial charge in [-0.1, -0.05) is 30.3 Å². The molecule has 9 heteroatoms. The molecular weight excluding hydrogens is 384 g/mol. The average Bonchev–Trinajstić information content (AvgIpc) is 3.07. The maximum absolute atomic E-state index is 12.2. The van der Waals surface area contributed by atoms with Crippen molar-refractivity contribution >= 4 is 11.9 Å². The summed E-state index contributed by atoms with van der Waals surface area (Å²) in [5, 5.41) is 9.96. The van der Waals surface area contributed by atoms with Crippen LogP contribution in [-0.2, 0) is 30.8 Å². The zero-order chi connectivity index (χ0) is 21.3. The largest absolute Gasteiger partial charge is 0.356 e. The van der Waals surface area contributed by atoms with Gasteiger partial charge < -0.3 is 15.5 Å². The van der Waals surface area contributed by atoms with E-state index in [1.165, 1.54) is 4.68 Å². The van der Waals surface area contributed by atoms with Gasteiger partial charge in [-0.05, 0) is 24.8 Å². The minimum atomic E-state index is -0.213. The van der Waals surface area contributed by atoms with Crippen LogP contribution in [0.15, 0.2) is 35.1 Å². The Bertz CT molecular complexity index is 905. The molecular formula is C21H30N6O3. The monoisotopic (exact) mass is 414 g/mol. The molecule has 0 aliphatic carbocycles. The second kappa shape index (κ2) is 10.6. The molecule has 30 heavy (non-hydrogen) atoms. The van der Waals surface area contributed by atoms with Gasteiger partial charge in [0.1, 0.15) is 5.82 Å². The summed E-state index contributed by atoms with van der Waals surface area (Å²) in [6.45, 7) is 2.49.